The minimum atomic E-state index is -0.537. The summed E-state index contributed by atoms with van der Waals surface area (Å²) in [5, 5.41) is 0.432. The van der Waals surface area contributed by atoms with Crippen molar-refractivity contribution in [2.45, 2.75) is 23.6 Å². The van der Waals surface area contributed by atoms with Gasteiger partial charge in [0.15, 0.2) is 0 Å². The summed E-state index contributed by atoms with van der Waals surface area (Å²) in [5.74, 6) is -0.537. The maximum Gasteiger partial charge on any atom is 0.249 e. The summed E-state index contributed by atoms with van der Waals surface area (Å²) < 4.78 is 0. The molecule has 4 N–H and O–H groups in total. The first-order valence-corrected chi connectivity index (χ1v) is 7.22. The molecule has 0 aliphatic carbocycles. The van der Waals surface area contributed by atoms with Crippen molar-refractivity contribution in [1.82, 2.24) is 0 Å². The lowest BCUT2D eigenvalue weighted by molar-refractivity contribution is 0.0997. The number of amides is 1. The summed E-state index contributed by atoms with van der Waals surface area (Å²) in [6.45, 7) is 4.09. The third-order valence-corrected chi connectivity index (χ3v) is 4.57. The van der Waals surface area contributed by atoms with E-state index in [1.807, 2.05) is 19.1 Å². The van der Waals surface area contributed by atoms with Gasteiger partial charge in [-0.05, 0) is 49.2 Å². The molecule has 104 valence electrons. The zero-order chi connectivity index (χ0) is 14.9. The zero-order valence-electron chi connectivity index (χ0n) is 11.2. The maximum atomic E-state index is 11.5. The number of halogens is 1. The van der Waals surface area contributed by atoms with Crippen LogP contribution in [0.4, 0.5) is 5.69 Å². The van der Waals surface area contributed by atoms with Gasteiger partial charge < -0.3 is 11.5 Å². The lowest BCUT2D eigenvalue weighted by Crippen LogP contribution is -2.13. The van der Waals surface area contributed by atoms with Crippen LogP contribution in [0.3, 0.4) is 0 Å². The highest BCUT2D eigenvalue weighted by atomic mass is 35.5. The van der Waals surface area contributed by atoms with Crippen LogP contribution < -0.4 is 11.5 Å². The Kier molecular flexibility index (Phi) is 4.26. The van der Waals surface area contributed by atoms with Crippen molar-refractivity contribution < 1.29 is 4.79 Å². The number of nitrogens with two attached hydrogens (primary N) is 2. The van der Waals surface area contributed by atoms with Gasteiger partial charge >= 0.3 is 0 Å². The average molecular weight is 307 g/mol. The molecule has 0 aliphatic rings. The second kappa shape index (κ2) is 5.77. The molecular formula is C15H15ClN2OS. The molecule has 3 nitrogen and oxygen atoms in total. The predicted molar refractivity (Wildman–Crippen MR) is 84.4 cm³/mol. The van der Waals surface area contributed by atoms with E-state index in [0.29, 0.717) is 21.2 Å². The smallest absolute Gasteiger partial charge is 0.249 e. The lowest BCUT2D eigenvalue weighted by Gasteiger charge is -2.11. The number of benzene rings is 2. The summed E-state index contributed by atoms with van der Waals surface area (Å²) in [7, 11) is 0. The Bertz CT molecular complexity index is 686. The number of nitrogen functional groups attached to an aromatic ring is 1. The number of aryl methyl sites for hydroxylation is 2. The van der Waals surface area contributed by atoms with Crippen molar-refractivity contribution >= 4 is 35.0 Å². The largest absolute Gasteiger partial charge is 0.399 e. The monoisotopic (exact) mass is 306 g/mol. The maximum absolute atomic E-state index is 11.5. The van der Waals surface area contributed by atoms with Gasteiger partial charge in [-0.1, -0.05) is 29.4 Å². The van der Waals surface area contributed by atoms with Crippen LogP contribution in [0.1, 0.15) is 21.5 Å². The van der Waals surface area contributed by atoms with Gasteiger partial charge in [0.1, 0.15) is 0 Å². The molecule has 2 aromatic rings. The van der Waals surface area contributed by atoms with Crippen molar-refractivity contribution in [3.05, 3.63) is 52.0 Å². The first-order chi connectivity index (χ1) is 9.38. The SMILES string of the molecule is Cc1ccc(Sc2c(Cl)cc(N)cc2C(N)=O)cc1C. The second-order valence-corrected chi connectivity index (χ2v) is 6.08. The molecule has 1 amide bonds. The molecule has 0 radical (unpaired) electrons. The molecule has 0 spiro atoms. The van der Waals surface area contributed by atoms with Crippen LogP contribution in [0.2, 0.25) is 5.02 Å². The Labute approximate surface area is 127 Å². The highest BCUT2D eigenvalue weighted by Gasteiger charge is 2.15. The highest BCUT2D eigenvalue weighted by Crippen LogP contribution is 2.37. The molecule has 0 bridgehead atoms. The Morgan fingerprint density at radius 3 is 2.45 bits per heavy atom. The molecule has 2 rings (SSSR count). The number of anilines is 1. The van der Waals surface area contributed by atoms with Gasteiger partial charge in [-0.3, -0.25) is 4.79 Å². The first kappa shape index (κ1) is 14.8. The highest BCUT2D eigenvalue weighted by molar-refractivity contribution is 7.99. The number of hydrogen-bond acceptors (Lipinski definition) is 3. The van der Waals surface area contributed by atoms with E-state index < -0.39 is 5.91 Å². The molecule has 5 heteroatoms. The van der Waals surface area contributed by atoms with E-state index in [-0.39, 0.29) is 0 Å². The van der Waals surface area contributed by atoms with Crippen LogP contribution in [-0.2, 0) is 0 Å². The Hall–Kier alpha value is -1.65. The average Bonchev–Trinajstić information content (AvgIpc) is 2.36. The van der Waals surface area contributed by atoms with Crippen LogP contribution in [0.5, 0.6) is 0 Å². The molecule has 0 aromatic heterocycles. The van der Waals surface area contributed by atoms with E-state index in [1.165, 1.54) is 22.9 Å². The zero-order valence-corrected chi connectivity index (χ0v) is 12.8. The molecule has 0 saturated carbocycles. The molecule has 0 heterocycles. The van der Waals surface area contributed by atoms with Crippen LogP contribution in [-0.4, -0.2) is 5.91 Å². The van der Waals surface area contributed by atoms with Crippen molar-refractivity contribution in [3.63, 3.8) is 0 Å². The molecule has 2 aromatic carbocycles. The fourth-order valence-corrected chi connectivity index (χ4v) is 3.17. The third-order valence-electron chi connectivity index (χ3n) is 3.03. The quantitative estimate of drug-likeness (QED) is 0.848. The van der Waals surface area contributed by atoms with Gasteiger partial charge in [0.25, 0.3) is 0 Å². The summed E-state index contributed by atoms with van der Waals surface area (Å²) in [6, 6.07) is 9.25. The number of primary amides is 1. The molecule has 0 aliphatic heterocycles. The minimum absolute atomic E-state index is 0.346. The standard InChI is InChI=1S/C15H15ClN2OS/c1-8-3-4-11(5-9(8)2)20-14-12(15(18)19)6-10(17)7-13(14)16/h3-7H,17H2,1-2H3,(H2,18,19). The summed E-state index contributed by atoms with van der Waals surface area (Å²) in [6.07, 6.45) is 0. The molecular weight excluding hydrogens is 292 g/mol. The Morgan fingerprint density at radius 1 is 1.15 bits per heavy atom. The van der Waals surface area contributed by atoms with E-state index in [0.717, 1.165) is 4.90 Å². The van der Waals surface area contributed by atoms with Crippen LogP contribution in [0, 0.1) is 13.8 Å². The van der Waals surface area contributed by atoms with Crippen molar-refractivity contribution in [2.24, 2.45) is 5.73 Å². The fourth-order valence-electron chi connectivity index (χ4n) is 1.80. The Morgan fingerprint density at radius 2 is 1.85 bits per heavy atom. The van der Waals surface area contributed by atoms with E-state index in [4.69, 9.17) is 23.1 Å². The predicted octanol–water partition coefficient (Wildman–Crippen LogP) is 3.79. The lowest BCUT2D eigenvalue weighted by atomic mass is 10.1. The number of rotatable bonds is 3. The van der Waals surface area contributed by atoms with Gasteiger partial charge in [-0.25, -0.2) is 0 Å². The topological polar surface area (TPSA) is 69.1 Å². The van der Waals surface area contributed by atoms with Crippen LogP contribution in [0.15, 0.2) is 40.1 Å². The van der Waals surface area contributed by atoms with Gasteiger partial charge in [-0.2, -0.15) is 0 Å². The van der Waals surface area contributed by atoms with Crippen LogP contribution in [0.25, 0.3) is 0 Å². The Balaban J connectivity index is 2.47. The first-order valence-electron chi connectivity index (χ1n) is 6.02. The second-order valence-electron chi connectivity index (χ2n) is 4.59. The van der Waals surface area contributed by atoms with Crippen molar-refractivity contribution in [3.8, 4) is 0 Å². The molecule has 0 fully saturated rings. The summed E-state index contributed by atoms with van der Waals surface area (Å²) >= 11 is 7.60. The van der Waals surface area contributed by atoms with Gasteiger partial charge in [0.05, 0.1) is 10.6 Å². The van der Waals surface area contributed by atoms with Gasteiger partial charge in [-0.15, -0.1) is 0 Å². The third kappa shape index (κ3) is 3.08. The fraction of sp³-hybridized carbons (Fsp3) is 0.133. The molecule has 0 atom stereocenters. The van der Waals surface area contributed by atoms with E-state index in [1.54, 1.807) is 12.1 Å². The summed E-state index contributed by atoms with van der Waals surface area (Å²) in [5.41, 5.74) is 14.3. The normalized spacial score (nSPS) is 10.6. The molecule has 0 saturated heterocycles. The number of hydrogen-bond donors (Lipinski definition) is 2. The molecule has 0 unspecified atom stereocenters. The van der Waals surface area contributed by atoms with Crippen molar-refractivity contribution in [1.29, 1.82) is 0 Å². The van der Waals surface area contributed by atoms with E-state index in [2.05, 4.69) is 13.0 Å². The van der Waals surface area contributed by atoms with E-state index in [9.17, 15) is 4.79 Å². The van der Waals surface area contributed by atoms with Gasteiger partial charge in [0, 0.05) is 15.5 Å². The van der Waals surface area contributed by atoms with Crippen LogP contribution >= 0.6 is 23.4 Å². The minimum Gasteiger partial charge on any atom is -0.399 e. The van der Waals surface area contributed by atoms with Gasteiger partial charge in [0.2, 0.25) is 5.91 Å². The van der Waals surface area contributed by atoms with E-state index >= 15 is 0 Å². The number of carbonyl (C=O) groups excluding carboxylic acids is 1. The molecule has 20 heavy (non-hydrogen) atoms. The number of carbonyl (C=O) groups is 1. The summed E-state index contributed by atoms with van der Waals surface area (Å²) in [4.78, 5) is 13.2. The van der Waals surface area contributed by atoms with Crippen molar-refractivity contribution in [2.75, 3.05) is 5.73 Å².